The van der Waals surface area contributed by atoms with E-state index in [0.29, 0.717) is 17.1 Å². The molecule has 0 fully saturated rings. The molecule has 0 saturated carbocycles. The minimum absolute atomic E-state index is 0.0190. The molecule has 1 amide bonds. The molecule has 0 aliphatic carbocycles. The third-order valence-corrected chi connectivity index (χ3v) is 4.15. The van der Waals surface area contributed by atoms with Crippen LogP contribution in [-0.4, -0.2) is 25.5 Å². The lowest BCUT2D eigenvalue weighted by atomic mass is 10.1. The Labute approximate surface area is 161 Å². The van der Waals surface area contributed by atoms with Gasteiger partial charge in [-0.2, -0.15) is 23.4 Å². The molecule has 0 bridgehead atoms. The molecule has 0 aliphatic rings. The van der Waals surface area contributed by atoms with Crippen molar-refractivity contribution in [2.24, 2.45) is 0 Å². The van der Waals surface area contributed by atoms with Gasteiger partial charge in [-0.15, -0.1) is 0 Å². The zero-order chi connectivity index (χ0) is 19.6. The zero-order valence-corrected chi connectivity index (χ0v) is 15.8. The molecule has 0 unspecified atom stereocenters. The van der Waals surface area contributed by atoms with Crippen molar-refractivity contribution in [2.75, 3.05) is 5.32 Å². The highest BCUT2D eigenvalue weighted by atomic mass is 79.9. The van der Waals surface area contributed by atoms with E-state index in [1.54, 1.807) is 31.5 Å². The Hall–Kier alpha value is -2.62. The van der Waals surface area contributed by atoms with E-state index in [-0.39, 0.29) is 19.0 Å². The maximum atomic E-state index is 12.8. The van der Waals surface area contributed by atoms with E-state index < -0.39 is 11.7 Å². The van der Waals surface area contributed by atoms with E-state index in [9.17, 15) is 18.0 Å². The summed E-state index contributed by atoms with van der Waals surface area (Å²) in [6.07, 6.45) is -1.16. The van der Waals surface area contributed by atoms with Gasteiger partial charge in [0.25, 0.3) is 0 Å². The summed E-state index contributed by atoms with van der Waals surface area (Å²) in [6, 6.07) is 6.74. The number of anilines is 1. The van der Waals surface area contributed by atoms with Crippen LogP contribution in [0.3, 0.4) is 0 Å². The van der Waals surface area contributed by atoms with Gasteiger partial charge >= 0.3 is 6.18 Å². The second kappa shape index (κ2) is 7.55. The number of hydrogen-bond donors (Lipinski definition) is 1. The number of benzene rings is 1. The first-order valence-corrected chi connectivity index (χ1v) is 8.68. The van der Waals surface area contributed by atoms with Crippen molar-refractivity contribution in [3.8, 4) is 0 Å². The molecule has 2 aromatic heterocycles. The molecule has 142 valence electrons. The largest absolute Gasteiger partial charge is 0.416 e. The number of amides is 1. The van der Waals surface area contributed by atoms with Gasteiger partial charge < -0.3 is 5.32 Å². The highest BCUT2D eigenvalue weighted by molar-refractivity contribution is 9.10. The molecule has 3 rings (SSSR count). The lowest BCUT2D eigenvalue weighted by molar-refractivity contribution is -0.137. The molecule has 1 N–H and O–H groups in total. The Morgan fingerprint density at radius 3 is 2.74 bits per heavy atom. The minimum atomic E-state index is -4.39. The molecule has 1 aromatic carbocycles. The number of carbonyl (C=O) groups is 1. The van der Waals surface area contributed by atoms with Gasteiger partial charge in [0.1, 0.15) is 6.54 Å². The van der Waals surface area contributed by atoms with E-state index in [1.165, 1.54) is 15.4 Å². The maximum absolute atomic E-state index is 12.8. The first-order valence-electron chi connectivity index (χ1n) is 7.89. The SMILES string of the molecule is Cc1cc(NC(=O)Cn2cc(Br)cn2)nn1Cc1cccc(C(F)(F)F)c1. The Balaban J connectivity index is 1.68. The quantitative estimate of drug-likeness (QED) is 0.653. The predicted molar refractivity (Wildman–Crippen MR) is 96.1 cm³/mol. The Kier molecular flexibility index (Phi) is 5.36. The molecular weight excluding hydrogens is 427 g/mol. The first kappa shape index (κ1) is 19.2. The predicted octanol–water partition coefficient (Wildman–Crippen LogP) is 3.86. The second-order valence-corrected chi connectivity index (χ2v) is 6.85. The van der Waals surface area contributed by atoms with E-state index in [4.69, 9.17) is 0 Å². The molecule has 0 atom stereocenters. The first-order chi connectivity index (χ1) is 12.7. The highest BCUT2D eigenvalue weighted by Gasteiger charge is 2.30. The van der Waals surface area contributed by atoms with Crippen LogP contribution in [0.25, 0.3) is 0 Å². The third kappa shape index (κ3) is 4.97. The van der Waals surface area contributed by atoms with E-state index in [1.807, 2.05) is 0 Å². The van der Waals surface area contributed by atoms with Crippen molar-refractivity contribution in [2.45, 2.75) is 26.2 Å². The normalized spacial score (nSPS) is 11.6. The number of nitrogens with one attached hydrogen (secondary N) is 1. The van der Waals surface area contributed by atoms with Crippen LogP contribution in [0.4, 0.5) is 19.0 Å². The third-order valence-electron chi connectivity index (χ3n) is 3.74. The summed E-state index contributed by atoms with van der Waals surface area (Å²) in [5.74, 6) is 0.0185. The molecule has 6 nitrogen and oxygen atoms in total. The molecule has 0 aliphatic heterocycles. The van der Waals surface area contributed by atoms with Crippen molar-refractivity contribution in [3.05, 3.63) is 64.0 Å². The minimum Gasteiger partial charge on any atom is -0.308 e. The van der Waals surface area contributed by atoms with Crippen LogP contribution in [0, 0.1) is 6.92 Å². The van der Waals surface area contributed by atoms with Crippen molar-refractivity contribution in [1.29, 1.82) is 0 Å². The van der Waals surface area contributed by atoms with E-state index in [0.717, 1.165) is 16.6 Å². The van der Waals surface area contributed by atoms with Gasteiger partial charge in [-0.1, -0.05) is 12.1 Å². The number of aryl methyl sites for hydroxylation is 1. The zero-order valence-electron chi connectivity index (χ0n) is 14.2. The van der Waals surface area contributed by atoms with Gasteiger partial charge in [-0.3, -0.25) is 14.2 Å². The fraction of sp³-hybridized carbons (Fsp3) is 0.235. The number of nitrogens with zero attached hydrogens (tertiary/aromatic N) is 4. The summed E-state index contributed by atoms with van der Waals surface area (Å²) in [6.45, 7) is 1.95. The van der Waals surface area contributed by atoms with Crippen LogP contribution in [0.2, 0.25) is 0 Å². The Morgan fingerprint density at radius 2 is 2.07 bits per heavy atom. The molecule has 2 heterocycles. The summed E-state index contributed by atoms with van der Waals surface area (Å²) in [4.78, 5) is 12.1. The van der Waals surface area contributed by atoms with Crippen LogP contribution in [-0.2, 0) is 24.1 Å². The summed E-state index contributed by atoms with van der Waals surface area (Å²) in [7, 11) is 0. The van der Waals surface area contributed by atoms with Crippen molar-refractivity contribution in [1.82, 2.24) is 19.6 Å². The highest BCUT2D eigenvalue weighted by Crippen LogP contribution is 2.29. The Bertz CT molecular complexity index is 964. The fourth-order valence-electron chi connectivity index (χ4n) is 2.50. The second-order valence-electron chi connectivity index (χ2n) is 5.93. The van der Waals surface area contributed by atoms with Crippen LogP contribution >= 0.6 is 15.9 Å². The molecule has 27 heavy (non-hydrogen) atoms. The van der Waals surface area contributed by atoms with Gasteiger partial charge in [0.05, 0.1) is 22.8 Å². The number of halogens is 4. The average Bonchev–Trinajstić information content (AvgIpc) is 3.12. The van der Waals surface area contributed by atoms with Gasteiger partial charge in [0, 0.05) is 18.0 Å². The summed E-state index contributed by atoms with van der Waals surface area (Å²) >= 11 is 3.25. The van der Waals surface area contributed by atoms with Crippen LogP contribution in [0.1, 0.15) is 16.8 Å². The van der Waals surface area contributed by atoms with Gasteiger partial charge in [-0.25, -0.2) is 0 Å². The van der Waals surface area contributed by atoms with Crippen molar-refractivity contribution >= 4 is 27.7 Å². The topological polar surface area (TPSA) is 64.7 Å². The summed E-state index contributed by atoms with van der Waals surface area (Å²) < 4.78 is 42.3. The van der Waals surface area contributed by atoms with Gasteiger partial charge in [-0.05, 0) is 40.5 Å². The van der Waals surface area contributed by atoms with E-state index in [2.05, 4.69) is 31.4 Å². The number of carbonyl (C=O) groups excluding carboxylic acids is 1. The maximum Gasteiger partial charge on any atom is 0.416 e. The number of rotatable bonds is 5. The monoisotopic (exact) mass is 441 g/mol. The average molecular weight is 442 g/mol. The van der Waals surface area contributed by atoms with Gasteiger partial charge in [0.2, 0.25) is 5.91 Å². The Morgan fingerprint density at radius 1 is 1.30 bits per heavy atom. The number of hydrogen-bond acceptors (Lipinski definition) is 3. The smallest absolute Gasteiger partial charge is 0.308 e. The number of aromatic nitrogens is 4. The van der Waals surface area contributed by atoms with Gasteiger partial charge in [0.15, 0.2) is 5.82 Å². The van der Waals surface area contributed by atoms with Crippen molar-refractivity contribution < 1.29 is 18.0 Å². The summed E-state index contributed by atoms with van der Waals surface area (Å²) in [5.41, 5.74) is 0.476. The molecule has 3 aromatic rings. The van der Waals surface area contributed by atoms with Crippen LogP contribution in [0.15, 0.2) is 47.2 Å². The molecule has 0 spiro atoms. The van der Waals surface area contributed by atoms with Crippen molar-refractivity contribution in [3.63, 3.8) is 0 Å². The lowest BCUT2D eigenvalue weighted by Gasteiger charge is -2.09. The standard InChI is InChI=1S/C17H15BrF3N5O/c1-11-5-15(23-16(27)10-25-9-14(18)7-22-25)24-26(11)8-12-3-2-4-13(6-12)17(19,20)21/h2-7,9H,8,10H2,1H3,(H,23,24,27). The molecule has 10 heteroatoms. The molecule has 0 radical (unpaired) electrons. The summed E-state index contributed by atoms with van der Waals surface area (Å²) in [5, 5.41) is 10.9. The number of alkyl halides is 3. The lowest BCUT2D eigenvalue weighted by Crippen LogP contribution is -2.19. The van der Waals surface area contributed by atoms with E-state index >= 15 is 0 Å². The molecular formula is C17H15BrF3N5O. The van der Waals surface area contributed by atoms with Crippen LogP contribution in [0.5, 0.6) is 0 Å². The van der Waals surface area contributed by atoms with Crippen LogP contribution < -0.4 is 5.32 Å². The fourth-order valence-corrected chi connectivity index (χ4v) is 2.83. The molecule has 0 saturated heterocycles.